The van der Waals surface area contributed by atoms with Gasteiger partial charge in [-0.1, -0.05) is 34.6 Å². The van der Waals surface area contributed by atoms with Gasteiger partial charge < -0.3 is 10.4 Å². The van der Waals surface area contributed by atoms with Crippen molar-refractivity contribution in [2.24, 2.45) is 5.41 Å². The van der Waals surface area contributed by atoms with Crippen LogP contribution in [0.3, 0.4) is 0 Å². The molecule has 0 aliphatic heterocycles. The van der Waals surface area contributed by atoms with Gasteiger partial charge in [0.25, 0.3) is 0 Å². The molecule has 2 N–H and O–H groups in total. The minimum absolute atomic E-state index is 0.129. The molecule has 0 atom stereocenters. The summed E-state index contributed by atoms with van der Waals surface area (Å²) in [6.07, 6.45) is 1.13. The highest BCUT2D eigenvalue weighted by Crippen LogP contribution is 2.21. The van der Waals surface area contributed by atoms with Gasteiger partial charge in [-0.3, -0.25) is 4.79 Å². The van der Waals surface area contributed by atoms with Crippen LogP contribution in [-0.2, 0) is 9.59 Å². The molecule has 0 saturated carbocycles. The molecule has 0 aromatic carbocycles. The monoisotopic (exact) mass is 229 g/mol. The first-order valence-electron chi connectivity index (χ1n) is 5.71. The van der Waals surface area contributed by atoms with Crippen molar-refractivity contribution in [3.63, 3.8) is 0 Å². The number of amides is 1. The third kappa shape index (κ3) is 4.21. The molecular weight excluding hydrogens is 206 g/mol. The number of hydrogen-bond acceptors (Lipinski definition) is 2. The van der Waals surface area contributed by atoms with E-state index in [-0.39, 0.29) is 11.3 Å². The van der Waals surface area contributed by atoms with Gasteiger partial charge >= 0.3 is 5.97 Å². The predicted octanol–water partition coefficient (Wildman–Crippen LogP) is 2.18. The van der Waals surface area contributed by atoms with E-state index in [4.69, 9.17) is 5.11 Å². The number of carbonyl (C=O) groups excluding carboxylic acids is 1. The third-order valence-corrected chi connectivity index (χ3v) is 2.69. The molecule has 4 heteroatoms. The summed E-state index contributed by atoms with van der Waals surface area (Å²) < 4.78 is 0. The summed E-state index contributed by atoms with van der Waals surface area (Å²) in [4.78, 5) is 22.9. The second kappa shape index (κ2) is 5.32. The maximum absolute atomic E-state index is 11.7. The molecule has 0 radical (unpaired) electrons. The van der Waals surface area contributed by atoms with Crippen molar-refractivity contribution in [2.75, 3.05) is 0 Å². The van der Waals surface area contributed by atoms with Crippen molar-refractivity contribution in [3.05, 3.63) is 0 Å². The van der Waals surface area contributed by atoms with Gasteiger partial charge in [-0.2, -0.15) is 0 Å². The van der Waals surface area contributed by atoms with Gasteiger partial charge in [0.05, 0.1) is 0 Å². The fraction of sp³-hybridized carbons (Fsp3) is 0.833. The third-order valence-electron chi connectivity index (χ3n) is 2.69. The number of carboxylic acids is 1. The number of nitrogens with one attached hydrogen (secondary N) is 1. The minimum atomic E-state index is -1.11. The van der Waals surface area contributed by atoms with E-state index in [1.807, 2.05) is 20.8 Å². The van der Waals surface area contributed by atoms with Crippen LogP contribution >= 0.6 is 0 Å². The summed E-state index contributed by atoms with van der Waals surface area (Å²) in [5.74, 6) is -1.15. The highest BCUT2D eigenvalue weighted by atomic mass is 16.4. The SMILES string of the molecule is CCC(CC)(NC(=O)CC(C)(C)C)C(=O)O. The zero-order valence-corrected chi connectivity index (χ0v) is 10.9. The molecule has 0 aromatic rings. The van der Waals surface area contributed by atoms with E-state index in [2.05, 4.69) is 5.32 Å². The molecule has 16 heavy (non-hydrogen) atoms. The van der Waals surface area contributed by atoms with Crippen LogP contribution in [0.1, 0.15) is 53.9 Å². The summed E-state index contributed by atoms with van der Waals surface area (Å²) in [5, 5.41) is 11.8. The summed E-state index contributed by atoms with van der Waals surface area (Å²) in [6.45, 7) is 9.40. The molecule has 0 bridgehead atoms. The lowest BCUT2D eigenvalue weighted by Gasteiger charge is -2.29. The molecule has 0 fully saturated rings. The molecule has 0 heterocycles. The van der Waals surface area contributed by atoms with Crippen LogP contribution in [0, 0.1) is 5.41 Å². The summed E-state index contributed by atoms with van der Waals surface area (Å²) in [6, 6.07) is 0. The van der Waals surface area contributed by atoms with Crippen LogP contribution in [0.4, 0.5) is 0 Å². The second-order valence-corrected chi connectivity index (χ2v) is 5.38. The molecule has 4 nitrogen and oxygen atoms in total. The molecule has 0 aromatic heterocycles. The lowest BCUT2D eigenvalue weighted by Crippen LogP contribution is -2.54. The van der Waals surface area contributed by atoms with Gasteiger partial charge in [0.1, 0.15) is 5.54 Å². The fourth-order valence-corrected chi connectivity index (χ4v) is 1.58. The van der Waals surface area contributed by atoms with Crippen molar-refractivity contribution < 1.29 is 14.7 Å². The average molecular weight is 229 g/mol. The van der Waals surface area contributed by atoms with Gasteiger partial charge in [-0.15, -0.1) is 0 Å². The lowest BCUT2D eigenvalue weighted by molar-refractivity contribution is -0.148. The second-order valence-electron chi connectivity index (χ2n) is 5.38. The Kier molecular flexibility index (Phi) is 4.97. The molecule has 0 aliphatic carbocycles. The van der Waals surface area contributed by atoms with Crippen molar-refractivity contribution in [3.8, 4) is 0 Å². The highest BCUT2D eigenvalue weighted by Gasteiger charge is 2.36. The first-order valence-corrected chi connectivity index (χ1v) is 5.71. The van der Waals surface area contributed by atoms with Crippen molar-refractivity contribution in [2.45, 2.75) is 59.4 Å². The Morgan fingerprint density at radius 2 is 1.56 bits per heavy atom. The number of carboxylic acid groups (broad SMARTS) is 1. The van der Waals surface area contributed by atoms with Crippen LogP contribution in [0.25, 0.3) is 0 Å². The van der Waals surface area contributed by atoms with Crippen LogP contribution < -0.4 is 5.32 Å². The summed E-state index contributed by atoms with van der Waals surface area (Å²) >= 11 is 0. The molecule has 0 saturated heterocycles. The maximum Gasteiger partial charge on any atom is 0.329 e. The van der Waals surface area contributed by atoms with E-state index >= 15 is 0 Å². The van der Waals surface area contributed by atoms with Gasteiger partial charge in [0.15, 0.2) is 0 Å². The zero-order chi connectivity index (χ0) is 13.0. The summed E-state index contributed by atoms with van der Waals surface area (Å²) in [5.41, 5.74) is -1.24. The van der Waals surface area contributed by atoms with E-state index in [0.29, 0.717) is 19.3 Å². The molecule has 0 aliphatic rings. The number of carbonyl (C=O) groups is 2. The highest BCUT2D eigenvalue weighted by molar-refractivity contribution is 5.87. The van der Waals surface area contributed by atoms with E-state index in [1.165, 1.54) is 0 Å². The van der Waals surface area contributed by atoms with Crippen LogP contribution in [0.5, 0.6) is 0 Å². The maximum atomic E-state index is 11.7. The molecule has 0 spiro atoms. The topological polar surface area (TPSA) is 66.4 Å². The standard InChI is InChI=1S/C12H23NO3/c1-6-12(7-2,10(15)16)13-9(14)8-11(3,4)5/h6-8H2,1-5H3,(H,13,14)(H,15,16). The molecule has 0 unspecified atom stereocenters. The predicted molar refractivity (Wildman–Crippen MR) is 63.2 cm³/mol. The van der Waals surface area contributed by atoms with Crippen LogP contribution in [0.2, 0.25) is 0 Å². The van der Waals surface area contributed by atoms with Gasteiger partial charge in [-0.05, 0) is 18.3 Å². The Balaban J connectivity index is 4.66. The van der Waals surface area contributed by atoms with Crippen LogP contribution in [-0.4, -0.2) is 22.5 Å². The first-order chi connectivity index (χ1) is 7.17. The minimum Gasteiger partial charge on any atom is -0.480 e. The van der Waals surface area contributed by atoms with Crippen molar-refractivity contribution in [1.82, 2.24) is 5.32 Å². The number of rotatable bonds is 5. The Bertz CT molecular complexity index is 262. The van der Waals surface area contributed by atoms with E-state index in [0.717, 1.165) is 0 Å². The molecular formula is C12H23NO3. The zero-order valence-electron chi connectivity index (χ0n) is 10.9. The quantitative estimate of drug-likeness (QED) is 0.759. The smallest absolute Gasteiger partial charge is 0.329 e. The van der Waals surface area contributed by atoms with E-state index in [9.17, 15) is 9.59 Å². The largest absolute Gasteiger partial charge is 0.480 e. The Morgan fingerprint density at radius 3 is 1.81 bits per heavy atom. The van der Waals surface area contributed by atoms with Crippen molar-refractivity contribution >= 4 is 11.9 Å². The molecule has 94 valence electrons. The Labute approximate surface area is 97.4 Å². The lowest BCUT2D eigenvalue weighted by atomic mass is 9.89. The fourth-order valence-electron chi connectivity index (χ4n) is 1.58. The van der Waals surface area contributed by atoms with Gasteiger partial charge in [0, 0.05) is 6.42 Å². The number of hydrogen-bond donors (Lipinski definition) is 2. The number of aliphatic carboxylic acids is 1. The van der Waals surface area contributed by atoms with Crippen LogP contribution in [0.15, 0.2) is 0 Å². The first kappa shape index (κ1) is 14.9. The molecule has 1 amide bonds. The molecule has 0 rings (SSSR count). The van der Waals surface area contributed by atoms with E-state index < -0.39 is 11.5 Å². The average Bonchev–Trinajstić information content (AvgIpc) is 2.10. The Hall–Kier alpha value is -1.06. The Morgan fingerprint density at radius 1 is 1.12 bits per heavy atom. The summed E-state index contributed by atoms with van der Waals surface area (Å²) in [7, 11) is 0. The van der Waals surface area contributed by atoms with Gasteiger partial charge in [0.2, 0.25) is 5.91 Å². The van der Waals surface area contributed by atoms with E-state index in [1.54, 1.807) is 13.8 Å². The normalized spacial score (nSPS) is 12.3. The van der Waals surface area contributed by atoms with Crippen molar-refractivity contribution in [1.29, 1.82) is 0 Å². The van der Waals surface area contributed by atoms with Gasteiger partial charge in [-0.25, -0.2) is 4.79 Å².